The molecule has 0 fully saturated rings. The summed E-state index contributed by atoms with van der Waals surface area (Å²) < 4.78 is 1.15. The third-order valence-electron chi connectivity index (χ3n) is 3.86. The molecule has 0 amide bonds. The second kappa shape index (κ2) is 11.2. The van der Waals surface area contributed by atoms with E-state index in [1.54, 1.807) is 0 Å². The maximum atomic E-state index is 3.69. The van der Waals surface area contributed by atoms with Crippen molar-refractivity contribution in [1.29, 1.82) is 0 Å². The van der Waals surface area contributed by atoms with Gasteiger partial charge in [-0.15, -0.1) is 0 Å². The lowest BCUT2D eigenvalue weighted by Crippen LogP contribution is -2.28. The van der Waals surface area contributed by atoms with Crippen LogP contribution in [0.1, 0.15) is 57.6 Å². The number of hydrogen-bond acceptors (Lipinski definition) is 2. The lowest BCUT2D eigenvalue weighted by molar-refractivity contribution is 0.301. The van der Waals surface area contributed by atoms with E-state index in [1.807, 2.05) is 0 Å². The largest absolute Gasteiger partial charge is 0.310 e. The fourth-order valence-corrected chi connectivity index (χ4v) is 2.76. The number of nitrogens with one attached hydrogen (secondary N) is 1. The van der Waals surface area contributed by atoms with E-state index in [0.29, 0.717) is 6.04 Å². The molecule has 1 aromatic rings. The fraction of sp³-hybridized carbons (Fsp3) is 0.667. The Balaban J connectivity index is 2.47. The minimum atomic E-state index is 0.465. The van der Waals surface area contributed by atoms with E-state index in [2.05, 4.69) is 71.3 Å². The van der Waals surface area contributed by atoms with Crippen LogP contribution < -0.4 is 5.32 Å². The first-order valence-corrected chi connectivity index (χ1v) is 9.14. The monoisotopic (exact) mass is 354 g/mol. The molecular weight excluding hydrogens is 324 g/mol. The van der Waals surface area contributed by atoms with Gasteiger partial charge in [-0.3, -0.25) is 0 Å². The molecule has 0 spiro atoms. The molecule has 1 rings (SSSR count). The molecule has 1 aromatic carbocycles. The van der Waals surface area contributed by atoms with Crippen molar-refractivity contribution in [2.24, 2.45) is 0 Å². The Morgan fingerprint density at radius 2 is 1.76 bits per heavy atom. The van der Waals surface area contributed by atoms with E-state index >= 15 is 0 Å². The third-order valence-corrected chi connectivity index (χ3v) is 4.38. The topological polar surface area (TPSA) is 15.3 Å². The quantitative estimate of drug-likeness (QED) is 0.562. The third kappa shape index (κ3) is 7.98. The van der Waals surface area contributed by atoms with Gasteiger partial charge in [0.25, 0.3) is 0 Å². The molecule has 2 nitrogen and oxygen atoms in total. The van der Waals surface area contributed by atoms with E-state index in [9.17, 15) is 0 Å². The molecule has 0 aliphatic carbocycles. The SMILES string of the molecule is CCCCCN(C)CCC(NCCC)c1ccc(Br)cc1. The Morgan fingerprint density at radius 3 is 2.38 bits per heavy atom. The molecule has 0 saturated carbocycles. The van der Waals surface area contributed by atoms with Crippen molar-refractivity contribution in [3.8, 4) is 0 Å². The Morgan fingerprint density at radius 1 is 1.05 bits per heavy atom. The predicted octanol–water partition coefficient (Wildman–Crippen LogP) is 5.00. The van der Waals surface area contributed by atoms with Gasteiger partial charge in [-0.25, -0.2) is 0 Å². The van der Waals surface area contributed by atoms with E-state index in [-0.39, 0.29) is 0 Å². The highest BCUT2D eigenvalue weighted by molar-refractivity contribution is 9.10. The molecule has 21 heavy (non-hydrogen) atoms. The van der Waals surface area contributed by atoms with Gasteiger partial charge in [0.1, 0.15) is 0 Å². The number of unbranched alkanes of at least 4 members (excludes halogenated alkanes) is 2. The zero-order chi connectivity index (χ0) is 15.5. The van der Waals surface area contributed by atoms with Crippen LogP contribution in [0.3, 0.4) is 0 Å². The van der Waals surface area contributed by atoms with Crippen LogP contribution in [0.5, 0.6) is 0 Å². The second-order valence-corrected chi connectivity index (χ2v) is 6.77. The maximum absolute atomic E-state index is 3.69. The number of benzene rings is 1. The molecule has 0 radical (unpaired) electrons. The van der Waals surface area contributed by atoms with Crippen LogP contribution in [0.2, 0.25) is 0 Å². The molecular formula is C18H31BrN2. The lowest BCUT2D eigenvalue weighted by Gasteiger charge is -2.23. The van der Waals surface area contributed by atoms with Crippen LogP contribution in [0.25, 0.3) is 0 Å². The summed E-state index contributed by atoms with van der Waals surface area (Å²) in [5, 5.41) is 3.69. The van der Waals surface area contributed by atoms with Gasteiger partial charge in [0, 0.05) is 10.5 Å². The highest BCUT2D eigenvalue weighted by atomic mass is 79.9. The summed E-state index contributed by atoms with van der Waals surface area (Å²) in [6.07, 6.45) is 6.31. The van der Waals surface area contributed by atoms with Crippen molar-refractivity contribution in [2.75, 3.05) is 26.7 Å². The lowest BCUT2D eigenvalue weighted by atomic mass is 10.0. The molecule has 0 aliphatic rings. The molecule has 120 valence electrons. The van der Waals surface area contributed by atoms with Gasteiger partial charge in [-0.2, -0.15) is 0 Å². The zero-order valence-electron chi connectivity index (χ0n) is 13.9. The summed E-state index contributed by atoms with van der Waals surface area (Å²) in [6, 6.07) is 9.21. The molecule has 3 heteroatoms. The van der Waals surface area contributed by atoms with Crippen LogP contribution in [0.4, 0.5) is 0 Å². The summed E-state index contributed by atoms with van der Waals surface area (Å²) in [6.45, 7) is 7.94. The summed E-state index contributed by atoms with van der Waals surface area (Å²) in [5.41, 5.74) is 1.40. The molecule has 0 bridgehead atoms. The van der Waals surface area contributed by atoms with Crippen LogP contribution in [-0.2, 0) is 0 Å². The normalized spacial score (nSPS) is 12.8. The van der Waals surface area contributed by atoms with Gasteiger partial charge in [0.15, 0.2) is 0 Å². The van der Waals surface area contributed by atoms with Crippen molar-refractivity contribution >= 4 is 15.9 Å². The average Bonchev–Trinajstić information content (AvgIpc) is 2.49. The van der Waals surface area contributed by atoms with Crippen LogP contribution in [0.15, 0.2) is 28.7 Å². The van der Waals surface area contributed by atoms with Crippen LogP contribution in [-0.4, -0.2) is 31.6 Å². The Labute approximate surface area is 139 Å². The van der Waals surface area contributed by atoms with Crippen molar-refractivity contribution in [3.63, 3.8) is 0 Å². The molecule has 0 aliphatic heterocycles. The maximum Gasteiger partial charge on any atom is 0.0332 e. The van der Waals surface area contributed by atoms with E-state index in [4.69, 9.17) is 0 Å². The first-order valence-electron chi connectivity index (χ1n) is 8.34. The van der Waals surface area contributed by atoms with Crippen LogP contribution >= 0.6 is 15.9 Å². The first kappa shape index (κ1) is 18.7. The van der Waals surface area contributed by atoms with Crippen molar-refractivity contribution in [3.05, 3.63) is 34.3 Å². The summed E-state index contributed by atoms with van der Waals surface area (Å²) in [5.74, 6) is 0. The van der Waals surface area contributed by atoms with Crippen LogP contribution in [0, 0.1) is 0 Å². The standard InChI is InChI=1S/C18H31BrN2/c1-4-6-7-14-21(3)15-12-18(20-13-5-2)16-8-10-17(19)11-9-16/h8-11,18,20H,4-7,12-15H2,1-3H3. The number of halogens is 1. The summed E-state index contributed by atoms with van der Waals surface area (Å²) in [4.78, 5) is 2.47. The molecule has 0 aromatic heterocycles. The number of rotatable bonds is 11. The highest BCUT2D eigenvalue weighted by Crippen LogP contribution is 2.20. The zero-order valence-corrected chi connectivity index (χ0v) is 15.5. The number of hydrogen-bond donors (Lipinski definition) is 1. The van der Waals surface area contributed by atoms with Crippen molar-refractivity contribution < 1.29 is 0 Å². The number of nitrogens with zero attached hydrogens (tertiary/aromatic N) is 1. The Bertz CT molecular complexity index is 364. The predicted molar refractivity (Wildman–Crippen MR) is 96.8 cm³/mol. The molecule has 0 heterocycles. The van der Waals surface area contributed by atoms with Gasteiger partial charge < -0.3 is 10.2 Å². The highest BCUT2D eigenvalue weighted by Gasteiger charge is 2.11. The molecule has 1 unspecified atom stereocenters. The smallest absolute Gasteiger partial charge is 0.0332 e. The average molecular weight is 355 g/mol. The minimum absolute atomic E-state index is 0.465. The Hall–Kier alpha value is -0.380. The van der Waals surface area contributed by atoms with Gasteiger partial charge in [-0.05, 0) is 63.6 Å². The first-order chi connectivity index (χ1) is 10.2. The summed E-state index contributed by atoms with van der Waals surface area (Å²) in [7, 11) is 2.24. The van der Waals surface area contributed by atoms with E-state index < -0.39 is 0 Å². The van der Waals surface area contributed by atoms with Crippen molar-refractivity contribution in [2.45, 2.75) is 52.0 Å². The van der Waals surface area contributed by atoms with Gasteiger partial charge in [-0.1, -0.05) is 54.8 Å². The molecule has 1 N–H and O–H groups in total. The van der Waals surface area contributed by atoms with Crippen molar-refractivity contribution in [1.82, 2.24) is 10.2 Å². The van der Waals surface area contributed by atoms with Gasteiger partial charge in [0.2, 0.25) is 0 Å². The van der Waals surface area contributed by atoms with Gasteiger partial charge >= 0.3 is 0 Å². The fourth-order valence-electron chi connectivity index (χ4n) is 2.49. The molecule has 1 atom stereocenters. The second-order valence-electron chi connectivity index (χ2n) is 5.86. The van der Waals surface area contributed by atoms with E-state index in [0.717, 1.165) is 17.6 Å². The van der Waals surface area contributed by atoms with Gasteiger partial charge in [0.05, 0.1) is 0 Å². The minimum Gasteiger partial charge on any atom is -0.310 e. The summed E-state index contributed by atoms with van der Waals surface area (Å²) >= 11 is 3.52. The van der Waals surface area contributed by atoms with E-state index in [1.165, 1.54) is 44.2 Å². The molecule has 0 saturated heterocycles. The Kier molecular flexibility index (Phi) is 9.98.